The molecule has 0 spiro atoms. The van der Waals surface area contributed by atoms with Crippen molar-refractivity contribution in [3.8, 4) is 5.75 Å². The van der Waals surface area contributed by atoms with Gasteiger partial charge in [-0.25, -0.2) is 9.78 Å². The largest absolute Gasteiger partial charge is 0.487 e. The second kappa shape index (κ2) is 12.4. The number of fused-ring (bicyclic) bond motifs is 1. The van der Waals surface area contributed by atoms with Crippen molar-refractivity contribution in [2.45, 2.75) is 32.4 Å². The first kappa shape index (κ1) is 27.4. The number of pyridine rings is 1. The Bertz CT molecular complexity index is 1340. The third kappa shape index (κ3) is 5.89. The van der Waals surface area contributed by atoms with Crippen molar-refractivity contribution < 1.29 is 29.0 Å². The van der Waals surface area contributed by atoms with Crippen LogP contribution in [0.3, 0.4) is 0 Å². The van der Waals surface area contributed by atoms with Crippen LogP contribution >= 0.6 is 0 Å². The van der Waals surface area contributed by atoms with E-state index in [-0.39, 0.29) is 37.2 Å². The van der Waals surface area contributed by atoms with Gasteiger partial charge < -0.3 is 29.3 Å². The van der Waals surface area contributed by atoms with Crippen molar-refractivity contribution in [1.82, 2.24) is 24.1 Å². The van der Waals surface area contributed by atoms with Crippen LogP contribution in [0.1, 0.15) is 35.9 Å². The molecule has 2 aliphatic heterocycles. The molecule has 4 heterocycles. The summed E-state index contributed by atoms with van der Waals surface area (Å²) < 4.78 is 13.2. The van der Waals surface area contributed by atoms with Gasteiger partial charge in [-0.2, -0.15) is 0 Å². The second-order valence-corrected chi connectivity index (χ2v) is 10.1. The zero-order valence-corrected chi connectivity index (χ0v) is 22.6. The third-order valence-corrected chi connectivity index (χ3v) is 7.49. The predicted molar refractivity (Wildman–Crippen MR) is 146 cm³/mol. The van der Waals surface area contributed by atoms with E-state index in [2.05, 4.69) is 4.98 Å². The van der Waals surface area contributed by atoms with Crippen molar-refractivity contribution in [3.63, 3.8) is 0 Å². The fourth-order valence-electron chi connectivity index (χ4n) is 5.53. The highest BCUT2D eigenvalue weighted by molar-refractivity contribution is 5.95. The van der Waals surface area contributed by atoms with E-state index in [1.165, 1.54) is 4.90 Å². The molecule has 0 bridgehead atoms. The van der Waals surface area contributed by atoms with Gasteiger partial charge in [-0.15, -0.1) is 0 Å². The highest BCUT2D eigenvalue weighted by Gasteiger charge is 2.40. The Balaban J connectivity index is 1.44. The van der Waals surface area contributed by atoms with Crippen molar-refractivity contribution in [2.75, 3.05) is 45.9 Å². The molecular weight excluding hydrogens is 514 g/mol. The maximum Gasteiger partial charge on any atom is 0.407 e. The highest BCUT2D eigenvalue weighted by Crippen LogP contribution is 2.27. The van der Waals surface area contributed by atoms with Crippen LogP contribution in [0, 0.1) is 5.92 Å². The van der Waals surface area contributed by atoms with Crippen LogP contribution in [-0.2, 0) is 16.1 Å². The summed E-state index contributed by atoms with van der Waals surface area (Å²) in [6, 6.07) is 14.4. The van der Waals surface area contributed by atoms with E-state index in [4.69, 9.17) is 9.47 Å². The van der Waals surface area contributed by atoms with Crippen LogP contribution in [0.25, 0.3) is 5.65 Å². The standard InChI is InChI=1S/C29H35N5O6/c1-2-11-33(22-17-21(18-32(19-22)29(37)38)27(35)31-13-15-39-16-14-31)28(36)26-24(20-40-23-8-4-3-5-9-23)34-12-7-6-10-25(34)30-26/h3-10,12,21-22H,2,11,13-20H2,1H3,(H,37,38)/t21-,22+/m1/s1. The van der Waals surface area contributed by atoms with Gasteiger partial charge in [0, 0.05) is 38.9 Å². The van der Waals surface area contributed by atoms with Crippen molar-refractivity contribution >= 4 is 23.6 Å². The fraction of sp³-hybridized carbons (Fsp3) is 0.448. The number of imidazole rings is 1. The SMILES string of the molecule is CCCN(C(=O)c1nc2ccccn2c1COc1ccccc1)[C@H]1C[C@@H](C(=O)N2CCOCC2)CN(C(=O)O)C1. The summed E-state index contributed by atoms with van der Waals surface area (Å²) in [5, 5.41) is 9.90. The number of para-hydroxylation sites is 1. The lowest BCUT2D eigenvalue weighted by atomic mass is 9.91. The Hall–Kier alpha value is -4.12. The van der Waals surface area contributed by atoms with Gasteiger partial charge >= 0.3 is 6.09 Å². The molecule has 3 aromatic rings. The Kier molecular flexibility index (Phi) is 8.49. The number of benzene rings is 1. The van der Waals surface area contributed by atoms with E-state index in [1.54, 1.807) is 9.80 Å². The minimum Gasteiger partial charge on any atom is -0.487 e. The molecule has 2 saturated heterocycles. The first-order valence-electron chi connectivity index (χ1n) is 13.8. The zero-order valence-electron chi connectivity index (χ0n) is 22.6. The molecule has 2 aliphatic rings. The molecule has 1 aromatic carbocycles. The van der Waals surface area contributed by atoms with Gasteiger partial charge in [0.05, 0.1) is 30.9 Å². The van der Waals surface area contributed by atoms with E-state index < -0.39 is 18.1 Å². The van der Waals surface area contributed by atoms with Crippen LogP contribution < -0.4 is 4.74 Å². The molecule has 3 amide bonds. The Morgan fingerprint density at radius 2 is 1.80 bits per heavy atom. The summed E-state index contributed by atoms with van der Waals surface area (Å²) >= 11 is 0. The number of rotatable bonds is 8. The molecule has 11 heteroatoms. The molecular formula is C29H35N5O6. The van der Waals surface area contributed by atoms with Crippen LogP contribution in [0.4, 0.5) is 4.79 Å². The number of aromatic nitrogens is 2. The van der Waals surface area contributed by atoms with E-state index in [0.717, 1.165) is 0 Å². The number of ether oxygens (including phenoxy) is 2. The molecule has 2 atom stereocenters. The fourth-order valence-corrected chi connectivity index (χ4v) is 5.53. The molecule has 5 rings (SSSR count). The van der Waals surface area contributed by atoms with Crippen LogP contribution in [0.15, 0.2) is 54.7 Å². The topological polar surface area (TPSA) is 117 Å². The Morgan fingerprint density at radius 3 is 2.52 bits per heavy atom. The summed E-state index contributed by atoms with van der Waals surface area (Å²) in [4.78, 5) is 49.1. The summed E-state index contributed by atoms with van der Waals surface area (Å²) in [7, 11) is 0. The molecule has 40 heavy (non-hydrogen) atoms. The smallest absolute Gasteiger partial charge is 0.407 e. The maximum absolute atomic E-state index is 14.2. The van der Waals surface area contributed by atoms with Gasteiger partial charge in [-0.1, -0.05) is 31.2 Å². The van der Waals surface area contributed by atoms with E-state index in [0.29, 0.717) is 62.8 Å². The maximum atomic E-state index is 14.2. The average Bonchev–Trinajstić information content (AvgIpc) is 3.37. The minimum atomic E-state index is -1.10. The first-order valence-corrected chi connectivity index (χ1v) is 13.8. The third-order valence-electron chi connectivity index (χ3n) is 7.49. The summed E-state index contributed by atoms with van der Waals surface area (Å²) in [6.07, 6.45) is 1.80. The minimum absolute atomic E-state index is 0.0900. The number of carboxylic acid groups (broad SMARTS) is 1. The molecule has 1 N–H and O–H groups in total. The molecule has 2 fully saturated rings. The second-order valence-electron chi connectivity index (χ2n) is 10.1. The van der Waals surface area contributed by atoms with Crippen molar-refractivity contribution in [2.24, 2.45) is 5.92 Å². The number of likely N-dealkylation sites (tertiary alicyclic amines) is 1. The van der Waals surface area contributed by atoms with Gasteiger partial charge in [0.25, 0.3) is 5.91 Å². The summed E-state index contributed by atoms with van der Waals surface area (Å²) in [5.41, 5.74) is 1.49. The van der Waals surface area contributed by atoms with E-state index in [1.807, 2.05) is 66.1 Å². The number of morpholine rings is 1. The molecule has 0 unspecified atom stereocenters. The highest BCUT2D eigenvalue weighted by atomic mass is 16.5. The first-order chi connectivity index (χ1) is 19.5. The van der Waals surface area contributed by atoms with Crippen LogP contribution in [0.5, 0.6) is 5.75 Å². The van der Waals surface area contributed by atoms with Crippen LogP contribution in [-0.4, -0.2) is 99.1 Å². The van der Waals surface area contributed by atoms with Gasteiger partial charge in [-0.3, -0.25) is 14.0 Å². The monoisotopic (exact) mass is 549 g/mol. The molecule has 0 radical (unpaired) electrons. The predicted octanol–water partition coefficient (Wildman–Crippen LogP) is 2.99. The van der Waals surface area contributed by atoms with Crippen molar-refractivity contribution in [1.29, 1.82) is 0 Å². The summed E-state index contributed by atoms with van der Waals surface area (Å²) in [6.45, 7) is 4.64. The van der Waals surface area contributed by atoms with Crippen LogP contribution in [0.2, 0.25) is 0 Å². The lowest BCUT2D eigenvalue weighted by Crippen LogP contribution is -2.57. The quantitative estimate of drug-likeness (QED) is 0.459. The van der Waals surface area contributed by atoms with Gasteiger partial charge in [0.1, 0.15) is 18.0 Å². The van der Waals surface area contributed by atoms with E-state index in [9.17, 15) is 19.5 Å². The van der Waals surface area contributed by atoms with E-state index >= 15 is 0 Å². The molecule has 11 nitrogen and oxygen atoms in total. The lowest BCUT2D eigenvalue weighted by molar-refractivity contribution is -0.142. The molecule has 2 aromatic heterocycles. The summed E-state index contributed by atoms with van der Waals surface area (Å²) in [5.74, 6) is -0.257. The van der Waals surface area contributed by atoms with Gasteiger partial charge in [0.2, 0.25) is 5.91 Å². The Morgan fingerprint density at radius 1 is 1.05 bits per heavy atom. The van der Waals surface area contributed by atoms with Gasteiger partial charge in [0.15, 0.2) is 5.69 Å². The number of amides is 3. The van der Waals surface area contributed by atoms with Crippen molar-refractivity contribution in [3.05, 3.63) is 66.1 Å². The van der Waals surface area contributed by atoms with Gasteiger partial charge in [-0.05, 0) is 37.1 Å². The number of carbonyl (C=O) groups is 3. The number of hydrogen-bond acceptors (Lipinski definition) is 6. The normalized spacial score (nSPS) is 19.4. The molecule has 0 aliphatic carbocycles. The molecule has 212 valence electrons. The molecule has 0 saturated carbocycles. The number of hydrogen-bond donors (Lipinski definition) is 1. The zero-order chi connectivity index (χ0) is 28.1. The number of piperidine rings is 1. The number of nitrogens with zero attached hydrogens (tertiary/aromatic N) is 5. The number of carbonyl (C=O) groups excluding carboxylic acids is 2. The Labute approximate surface area is 232 Å². The lowest BCUT2D eigenvalue weighted by Gasteiger charge is -2.42. The average molecular weight is 550 g/mol.